The van der Waals surface area contributed by atoms with Crippen LogP contribution in [0.1, 0.15) is 11.6 Å². The van der Waals surface area contributed by atoms with Crippen LogP contribution in [-0.4, -0.2) is 21.2 Å². The predicted octanol–water partition coefficient (Wildman–Crippen LogP) is 3.73. The van der Waals surface area contributed by atoms with Gasteiger partial charge in [-0.3, -0.25) is 0 Å². The molecular formula is C15H15Cl2NO2S. The first kappa shape index (κ1) is 16.3. The van der Waals surface area contributed by atoms with Crippen molar-refractivity contribution in [3.63, 3.8) is 0 Å². The van der Waals surface area contributed by atoms with E-state index in [0.717, 1.165) is 5.56 Å². The molecule has 0 heterocycles. The zero-order valence-electron chi connectivity index (χ0n) is 11.4. The van der Waals surface area contributed by atoms with E-state index in [1.165, 1.54) is 12.1 Å². The second kappa shape index (κ2) is 6.79. The van der Waals surface area contributed by atoms with Crippen molar-refractivity contribution in [2.24, 2.45) is 0 Å². The highest BCUT2D eigenvalue weighted by molar-refractivity contribution is 7.91. The summed E-state index contributed by atoms with van der Waals surface area (Å²) in [7, 11) is -1.82. The average Bonchev–Trinajstić information content (AvgIpc) is 2.48. The lowest BCUT2D eigenvalue weighted by Crippen LogP contribution is -2.25. The van der Waals surface area contributed by atoms with Crippen molar-refractivity contribution in [3.8, 4) is 0 Å². The van der Waals surface area contributed by atoms with Crippen LogP contribution in [0.25, 0.3) is 0 Å². The molecule has 112 valence electrons. The van der Waals surface area contributed by atoms with Crippen LogP contribution < -0.4 is 5.32 Å². The molecule has 21 heavy (non-hydrogen) atoms. The van der Waals surface area contributed by atoms with Crippen LogP contribution in [0.3, 0.4) is 0 Å². The monoisotopic (exact) mass is 343 g/mol. The molecule has 1 unspecified atom stereocenters. The zero-order chi connectivity index (χ0) is 15.5. The third-order valence-corrected chi connectivity index (χ3v) is 5.62. The van der Waals surface area contributed by atoms with Crippen LogP contribution in [0.15, 0.2) is 53.4 Å². The van der Waals surface area contributed by atoms with E-state index in [-0.39, 0.29) is 21.7 Å². The smallest absolute Gasteiger partial charge is 0.181 e. The molecule has 0 spiro atoms. The van der Waals surface area contributed by atoms with Gasteiger partial charge in [0.15, 0.2) is 9.84 Å². The summed E-state index contributed by atoms with van der Waals surface area (Å²) in [5, 5.41) is 3.55. The van der Waals surface area contributed by atoms with Crippen LogP contribution in [-0.2, 0) is 9.84 Å². The molecule has 0 aliphatic heterocycles. The molecule has 0 aromatic heterocycles. The summed E-state index contributed by atoms with van der Waals surface area (Å²) in [4.78, 5) is 0.0628. The molecule has 0 aliphatic rings. The van der Waals surface area contributed by atoms with Crippen molar-refractivity contribution < 1.29 is 8.42 Å². The third kappa shape index (κ3) is 3.98. The van der Waals surface area contributed by atoms with Gasteiger partial charge in [-0.25, -0.2) is 8.42 Å². The number of benzene rings is 2. The molecule has 1 N–H and O–H groups in total. The fourth-order valence-electron chi connectivity index (χ4n) is 2.06. The quantitative estimate of drug-likeness (QED) is 0.899. The van der Waals surface area contributed by atoms with Crippen LogP contribution in [0.4, 0.5) is 0 Å². The van der Waals surface area contributed by atoms with Crippen LogP contribution in [0, 0.1) is 0 Å². The Bertz CT molecular complexity index is 718. The SMILES string of the molecule is CNC(CS(=O)(=O)c1cc(Cl)ccc1Cl)c1ccccc1. The van der Waals surface area contributed by atoms with E-state index in [2.05, 4.69) is 5.32 Å². The molecule has 0 fully saturated rings. The van der Waals surface area contributed by atoms with Crippen LogP contribution in [0.5, 0.6) is 0 Å². The molecule has 0 aliphatic carbocycles. The van der Waals surface area contributed by atoms with Gasteiger partial charge in [0, 0.05) is 11.1 Å². The van der Waals surface area contributed by atoms with Crippen molar-refractivity contribution >= 4 is 33.0 Å². The first-order valence-electron chi connectivity index (χ1n) is 6.34. The second-order valence-corrected chi connectivity index (χ2v) is 7.45. The number of sulfone groups is 1. The fraction of sp³-hybridized carbons (Fsp3) is 0.200. The van der Waals surface area contributed by atoms with Crippen molar-refractivity contribution in [3.05, 3.63) is 64.1 Å². The van der Waals surface area contributed by atoms with Crippen LogP contribution in [0.2, 0.25) is 10.0 Å². The standard InChI is InChI=1S/C15H15Cl2NO2S/c1-18-14(11-5-3-2-4-6-11)10-21(19,20)15-9-12(16)7-8-13(15)17/h2-9,14,18H,10H2,1H3. The highest BCUT2D eigenvalue weighted by atomic mass is 35.5. The topological polar surface area (TPSA) is 46.2 Å². The molecular weight excluding hydrogens is 329 g/mol. The lowest BCUT2D eigenvalue weighted by molar-refractivity contribution is 0.574. The number of rotatable bonds is 5. The maximum atomic E-state index is 12.6. The summed E-state index contributed by atoms with van der Waals surface area (Å²) in [5.41, 5.74) is 0.904. The maximum absolute atomic E-state index is 12.6. The summed E-state index contributed by atoms with van der Waals surface area (Å²) in [6.45, 7) is 0. The molecule has 2 rings (SSSR count). The van der Waals surface area contributed by atoms with E-state index in [0.29, 0.717) is 5.02 Å². The maximum Gasteiger partial charge on any atom is 0.181 e. The van der Waals surface area contributed by atoms with Gasteiger partial charge in [-0.05, 0) is 30.8 Å². The Balaban J connectivity index is 2.34. The Morgan fingerprint density at radius 3 is 2.38 bits per heavy atom. The van der Waals surface area contributed by atoms with Crippen molar-refractivity contribution in [1.82, 2.24) is 5.32 Å². The Morgan fingerprint density at radius 2 is 1.76 bits per heavy atom. The van der Waals surface area contributed by atoms with Gasteiger partial charge in [-0.15, -0.1) is 0 Å². The lowest BCUT2D eigenvalue weighted by atomic mass is 10.1. The van der Waals surface area contributed by atoms with Crippen molar-refractivity contribution in [2.75, 3.05) is 12.8 Å². The molecule has 0 saturated heterocycles. The summed E-state index contributed by atoms with van der Waals surface area (Å²) < 4.78 is 25.1. The van der Waals surface area contributed by atoms with Gasteiger partial charge < -0.3 is 5.32 Å². The molecule has 0 bridgehead atoms. The molecule has 0 radical (unpaired) electrons. The normalized spacial score (nSPS) is 13.1. The summed E-state index contributed by atoms with van der Waals surface area (Å²) in [6, 6.07) is 13.5. The number of halogens is 2. The van der Waals surface area contributed by atoms with E-state index >= 15 is 0 Å². The Labute approximate surface area is 134 Å². The van der Waals surface area contributed by atoms with E-state index in [4.69, 9.17) is 23.2 Å². The highest BCUT2D eigenvalue weighted by Crippen LogP contribution is 2.28. The van der Waals surface area contributed by atoms with E-state index in [1.54, 1.807) is 13.1 Å². The molecule has 1 atom stereocenters. The molecule has 0 saturated carbocycles. The van der Waals surface area contributed by atoms with E-state index < -0.39 is 9.84 Å². The van der Waals surface area contributed by atoms with Gasteiger partial charge in [0.25, 0.3) is 0 Å². The second-order valence-electron chi connectivity index (χ2n) is 4.61. The number of hydrogen-bond acceptors (Lipinski definition) is 3. The molecule has 2 aromatic rings. The van der Waals surface area contributed by atoms with E-state index in [9.17, 15) is 8.42 Å². The number of hydrogen-bond donors (Lipinski definition) is 1. The van der Waals surface area contributed by atoms with Crippen LogP contribution >= 0.6 is 23.2 Å². The summed E-state index contributed by atoms with van der Waals surface area (Å²) >= 11 is 11.9. The first-order valence-corrected chi connectivity index (χ1v) is 8.75. The zero-order valence-corrected chi connectivity index (χ0v) is 13.7. The fourth-order valence-corrected chi connectivity index (χ4v) is 4.41. The van der Waals surface area contributed by atoms with Gasteiger partial charge >= 0.3 is 0 Å². The minimum atomic E-state index is -3.55. The molecule has 0 amide bonds. The largest absolute Gasteiger partial charge is 0.312 e. The van der Waals surface area contributed by atoms with Gasteiger partial charge in [0.1, 0.15) is 0 Å². The number of nitrogens with one attached hydrogen (secondary N) is 1. The predicted molar refractivity (Wildman–Crippen MR) is 86.8 cm³/mol. The summed E-state index contributed by atoms with van der Waals surface area (Å²) in [5.74, 6) is -0.0897. The molecule has 2 aromatic carbocycles. The van der Waals surface area contributed by atoms with Crippen molar-refractivity contribution in [2.45, 2.75) is 10.9 Å². The van der Waals surface area contributed by atoms with Gasteiger partial charge in [0.2, 0.25) is 0 Å². The van der Waals surface area contributed by atoms with E-state index in [1.807, 2.05) is 30.3 Å². The average molecular weight is 344 g/mol. The van der Waals surface area contributed by atoms with Gasteiger partial charge in [0.05, 0.1) is 15.7 Å². The third-order valence-electron chi connectivity index (χ3n) is 3.16. The Hall–Kier alpha value is -1.07. The highest BCUT2D eigenvalue weighted by Gasteiger charge is 2.24. The Kier molecular flexibility index (Phi) is 5.27. The molecule has 3 nitrogen and oxygen atoms in total. The minimum absolute atomic E-state index is 0.0628. The molecule has 6 heteroatoms. The lowest BCUT2D eigenvalue weighted by Gasteiger charge is -2.17. The Morgan fingerprint density at radius 1 is 1.10 bits per heavy atom. The van der Waals surface area contributed by atoms with Gasteiger partial charge in [-0.2, -0.15) is 0 Å². The minimum Gasteiger partial charge on any atom is -0.312 e. The first-order chi connectivity index (χ1) is 9.94. The van der Waals surface area contributed by atoms with Crippen molar-refractivity contribution in [1.29, 1.82) is 0 Å². The summed E-state index contributed by atoms with van der Waals surface area (Å²) in [6.07, 6.45) is 0. The van der Waals surface area contributed by atoms with Gasteiger partial charge in [-0.1, -0.05) is 53.5 Å².